The van der Waals surface area contributed by atoms with Crippen molar-refractivity contribution in [1.82, 2.24) is 10.2 Å². The van der Waals surface area contributed by atoms with Gasteiger partial charge in [-0.05, 0) is 25.3 Å². The summed E-state index contributed by atoms with van der Waals surface area (Å²) in [5.74, 6) is -0.402. The van der Waals surface area contributed by atoms with Crippen LogP contribution in [-0.4, -0.2) is 56.0 Å². The molecule has 1 heterocycles. The number of carbonyl (C=O) groups excluding carboxylic acids is 3. The summed E-state index contributed by atoms with van der Waals surface area (Å²) in [5.41, 5.74) is 2.05. The van der Waals surface area contributed by atoms with Gasteiger partial charge < -0.3 is 43.5 Å². The summed E-state index contributed by atoms with van der Waals surface area (Å²) in [4.78, 5) is 37.0. The Morgan fingerprint density at radius 1 is 0.943 bits per heavy atom. The molecule has 10 heteroatoms. The lowest BCUT2D eigenvalue weighted by atomic mass is 10.1. The van der Waals surface area contributed by atoms with E-state index in [1.54, 1.807) is 0 Å². The summed E-state index contributed by atoms with van der Waals surface area (Å²) in [6.45, 7) is 5.04. The van der Waals surface area contributed by atoms with Crippen LogP contribution in [0.2, 0.25) is 0 Å². The number of benzene rings is 1. The number of pyridine rings is 1. The molecule has 0 radical (unpaired) electrons. The topological polar surface area (TPSA) is 98.1 Å². The number of hydrogen-bond acceptors (Lipinski definition) is 6. The number of alkyl carbamates (subject to hydrolysis) is 1. The standard InChI is InChI=1S/C25H33N3O6.HI/c1-3-27-15-8-7-13-23(27)20-28(21(2)29)25(31)34-19-17-32-16-18-33-24(30)26-14-9-12-22-10-5-4-6-11-22;/h4-8,10-11,13,15H,3,9,12,14,16-20H2,1-2H3;1H. The van der Waals surface area contributed by atoms with E-state index in [1.807, 2.05) is 54.1 Å². The SMILES string of the molecule is CC[n+]1ccccc1CN(C(C)=O)C(=O)OCCOCCOC(=O)NCCCc1ccccc1.[I-]. The lowest BCUT2D eigenvalue weighted by Gasteiger charge is -2.17. The maximum absolute atomic E-state index is 12.3. The van der Waals surface area contributed by atoms with Gasteiger partial charge in [-0.2, -0.15) is 0 Å². The molecule has 0 unspecified atom stereocenters. The van der Waals surface area contributed by atoms with E-state index in [4.69, 9.17) is 14.2 Å². The Morgan fingerprint density at radius 3 is 2.31 bits per heavy atom. The molecule has 0 aliphatic heterocycles. The highest BCUT2D eigenvalue weighted by atomic mass is 127. The van der Waals surface area contributed by atoms with Crippen LogP contribution < -0.4 is 33.9 Å². The predicted molar refractivity (Wildman–Crippen MR) is 125 cm³/mol. The monoisotopic (exact) mass is 599 g/mol. The Kier molecular flexibility index (Phi) is 15.3. The first-order valence-corrected chi connectivity index (χ1v) is 11.5. The number of rotatable bonds is 13. The van der Waals surface area contributed by atoms with E-state index in [0.29, 0.717) is 6.54 Å². The van der Waals surface area contributed by atoms with Gasteiger partial charge in [0.15, 0.2) is 6.20 Å². The molecule has 0 fully saturated rings. The van der Waals surface area contributed by atoms with Gasteiger partial charge in [0.1, 0.15) is 26.3 Å². The molecule has 0 atom stereocenters. The van der Waals surface area contributed by atoms with Crippen molar-refractivity contribution >= 4 is 18.1 Å². The Hall–Kier alpha value is -2.73. The van der Waals surface area contributed by atoms with Crippen molar-refractivity contribution in [1.29, 1.82) is 0 Å². The largest absolute Gasteiger partial charge is 1.00 e. The summed E-state index contributed by atoms with van der Waals surface area (Å²) >= 11 is 0. The van der Waals surface area contributed by atoms with Gasteiger partial charge in [0, 0.05) is 25.6 Å². The first-order chi connectivity index (χ1) is 16.5. The van der Waals surface area contributed by atoms with Gasteiger partial charge >= 0.3 is 12.2 Å². The summed E-state index contributed by atoms with van der Waals surface area (Å²) in [6, 6.07) is 15.6. The fraction of sp³-hybridized carbons (Fsp3) is 0.440. The van der Waals surface area contributed by atoms with E-state index in [9.17, 15) is 14.4 Å². The highest BCUT2D eigenvalue weighted by Gasteiger charge is 2.23. The van der Waals surface area contributed by atoms with Crippen molar-refractivity contribution < 1.29 is 57.1 Å². The zero-order chi connectivity index (χ0) is 24.6. The van der Waals surface area contributed by atoms with Gasteiger partial charge in [0.2, 0.25) is 11.6 Å². The zero-order valence-corrected chi connectivity index (χ0v) is 22.4. The average Bonchev–Trinajstić information content (AvgIpc) is 2.85. The Labute approximate surface area is 223 Å². The average molecular weight is 599 g/mol. The van der Waals surface area contributed by atoms with Gasteiger partial charge in [0.25, 0.3) is 0 Å². The highest BCUT2D eigenvalue weighted by Crippen LogP contribution is 2.04. The second-order valence-corrected chi connectivity index (χ2v) is 7.46. The number of amides is 3. The van der Waals surface area contributed by atoms with Crippen molar-refractivity contribution in [3.05, 3.63) is 66.0 Å². The number of aromatic nitrogens is 1. The summed E-state index contributed by atoms with van der Waals surface area (Å²) in [7, 11) is 0. The van der Waals surface area contributed by atoms with Gasteiger partial charge in [-0.1, -0.05) is 36.4 Å². The van der Waals surface area contributed by atoms with E-state index in [-0.39, 0.29) is 56.9 Å². The predicted octanol–water partition coefficient (Wildman–Crippen LogP) is -0.141. The number of ether oxygens (including phenoxy) is 3. The molecule has 0 aliphatic rings. The molecule has 1 aromatic heterocycles. The molecule has 0 saturated heterocycles. The third-order valence-electron chi connectivity index (χ3n) is 4.96. The highest BCUT2D eigenvalue weighted by molar-refractivity contribution is 5.90. The molecule has 2 aromatic rings. The second kappa shape index (κ2) is 17.7. The van der Waals surface area contributed by atoms with Crippen molar-refractivity contribution in [2.45, 2.75) is 39.8 Å². The van der Waals surface area contributed by atoms with Crippen LogP contribution >= 0.6 is 0 Å². The molecule has 1 aromatic carbocycles. The second-order valence-electron chi connectivity index (χ2n) is 7.46. The van der Waals surface area contributed by atoms with E-state index >= 15 is 0 Å². The van der Waals surface area contributed by atoms with Gasteiger partial charge in [0.05, 0.1) is 13.2 Å². The molecule has 3 amide bonds. The van der Waals surface area contributed by atoms with Crippen LogP contribution in [0.15, 0.2) is 54.7 Å². The van der Waals surface area contributed by atoms with Crippen LogP contribution in [0.4, 0.5) is 9.59 Å². The number of hydrogen-bond donors (Lipinski definition) is 1. The molecule has 0 bridgehead atoms. The van der Waals surface area contributed by atoms with Gasteiger partial charge in [-0.25, -0.2) is 19.1 Å². The minimum atomic E-state index is -0.728. The zero-order valence-electron chi connectivity index (χ0n) is 20.3. The number of aryl methyl sites for hydroxylation is 2. The van der Waals surface area contributed by atoms with Crippen molar-refractivity contribution in [2.24, 2.45) is 0 Å². The summed E-state index contributed by atoms with van der Waals surface area (Å²) < 4.78 is 17.5. The number of carbonyl (C=O) groups is 3. The first-order valence-electron chi connectivity index (χ1n) is 11.5. The normalized spacial score (nSPS) is 10.1. The molecule has 0 spiro atoms. The van der Waals surface area contributed by atoms with Crippen LogP contribution in [0.1, 0.15) is 31.5 Å². The summed E-state index contributed by atoms with van der Waals surface area (Å²) in [6.07, 6.45) is 2.37. The third-order valence-corrected chi connectivity index (χ3v) is 4.96. The van der Waals surface area contributed by atoms with Crippen molar-refractivity contribution in [2.75, 3.05) is 33.0 Å². The maximum atomic E-state index is 12.3. The molecule has 35 heavy (non-hydrogen) atoms. The van der Waals surface area contributed by atoms with E-state index in [0.717, 1.165) is 30.0 Å². The Morgan fingerprint density at radius 2 is 1.63 bits per heavy atom. The van der Waals surface area contributed by atoms with Crippen LogP contribution in [0.25, 0.3) is 0 Å². The third kappa shape index (κ3) is 12.0. The van der Waals surface area contributed by atoms with E-state index < -0.39 is 18.1 Å². The summed E-state index contributed by atoms with van der Waals surface area (Å²) in [5, 5.41) is 2.70. The molecule has 0 saturated carbocycles. The fourth-order valence-electron chi connectivity index (χ4n) is 3.17. The maximum Gasteiger partial charge on any atom is 0.417 e. The molecular weight excluding hydrogens is 565 g/mol. The molecule has 0 aliphatic carbocycles. The molecule has 9 nitrogen and oxygen atoms in total. The fourth-order valence-corrected chi connectivity index (χ4v) is 3.17. The van der Waals surface area contributed by atoms with Gasteiger partial charge in [-0.3, -0.25) is 4.79 Å². The smallest absolute Gasteiger partial charge is 0.417 e. The van der Waals surface area contributed by atoms with Gasteiger partial charge in [-0.15, -0.1) is 0 Å². The first kappa shape index (κ1) is 30.3. The van der Waals surface area contributed by atoms with E-state index in [2.05, 4.69) is 17.4 Å². The van der Waals surface area contributed by atoms with Crippen LogP contribution in [0, 0.1) is 0 Å². The molecule has 1 N–H and O–H groups in total. The minimum Gasteiger partial charge on any atom is -1.00 e. The molecule has 192 valence electrons. The van der Waals surface area contributed by atoms with E-state index in [1.165, 1.54) is 12.5 Å². The lowest BCUT2D eigenvalue weighted by molar-refractivity contribution is -0.701. The Bertz CT molecular complexity index is 913. The molecule has 2 rings (SSSR count). The Balaban J connectivity index is 0.00000612. The quantitative estimate of drug-likeness (QED) is 0.196. The van der Waals surface area contributed by atoms with Crippen molar-refractivity contribution in [3.63, 3.8) is 0 Å². The van der Waals surface area contributed by atoms with Crippen LogP contribution in [0.5, 0.6) is 0 Å². The van der Waals surface area contributed by atoms with Crippen LogP contribution in [-0.2, 0) is 38.5 Å². The number of nitrogens with one attached hydrogen (secondary N) is 1. The number of nitrogens with zero attached hydrogens (tertiary/aromatic N) is 2. The van der Waals surface area contributed by atoms with Crippen LogP contribution in [0.3, 0.4) is 0 Å². The number of halogens is 1. The minimum absolute atomic E-state index is 0. The van der Waals surface area contributed by atoms with Crippen molar-refractivity contribution in [3.8, 4) is 0 Å². The number of imide groups is 1. The molecular formula is C25H34IN3O6. The lowest BCUT2D eigenvalue weighted by Crippen LogP contribution is -3.00.